The minimum absolute atomic E-state index is 1.04. The van der Waals surface area contributed by atoms with Crippen molar-refractivity contribution in [3.05, 3.63) is 71.7 Å². The third-order valence-corrected chi connectivity index (χ3v) is 3.21. The lowest BCUT2D eigenvalue weighted by Crippen LogP contribution is -1.98. The van der Waals surface area contributed by atoms with Crippen LogP contribution in [0.3, 0.4) is 0 Å². The first-order chi connectivity index (χ1) is 8.83. The number of rotatable bonds is 3. The number of aromatic nitrogens is 2. The quantitative estimate of drug-likeness (QED) is 0.681. The first kappa shape index (κ1) is 11.0. The molecule has 0 atom stereocenters. The van der Waals surface area contributed by atoms with E-state index in [-0.39, 0.29) is 0 Å². The van der Waals surface area contributed by atoms with Crippen molar-refractivity contribution >= 4 is 5.65 Å². The summed E-state index contributed by atoms with van der Waals surface area (Å²) >= 11 is 0. The predicted molar refractivity (Wildman–Crippen MR) is 73.8 cm³/mol. The second-order valence-electron chi connectivity index (χ2n) is 4.61. The molecule has 2 aromatic heterocycles. The first-order valence-electron chi connectivity index (χ1n) is 6.30. The molecule has 0 bridgehead atoms. The second-order valence-corrected chi connectivity index (χ2v) is 4.61. The van der Waals surface area contributed by atoms with E-state index in [1.807, 2.05) is 6.92 Å². The molecule has 0 spiro atoms. The minimum atomic E-state index is 1.04. The van der Waals surface area contributed by atoms with Gasteiger partial charge in [0.15, 0.2) is 0 Å². The van der Waals surface area contributed by atoms with E-state index in [1.54, 1.807) is 0 Å². The fourth-order valence-corrected chi connectivity index (χ4v) is 2.31. The Morgan fingerprint density at radius 1 is 0.944 bits per heavy atom. The number of imidazole rings is 1. The molecule has 0 radical (unpaired) electrons. The van der Waals surface area contributed by atoms with Gasteiger partial charge in [-0.3, -0.25) is 0 Å². The van der Waals surface area contributed by atoms with Crippen molar-refractivity contribution in [2.45, 2.75) is 19.8 Å². The molecule has 2 heteroatoms. The van der Waals surface area contributed by atoms with Crippen LogP contribution in [0.2, 0.25) is 0 Å². The average molecular weight is 236 g/mol. The van der Waals surface area contributed by atoms with Gasteiger partial charge in [-0.25, -0.2) is 4.98 Å². The predicted octanol–water partition coefficient (Wildman–Crippen LogP) is 3.43. The van der Waals surface area contributed by atoms with Crippen molar-refractivity contribution < 1.29 is 0 Å². The Bertz CT molecular complexity index is 653. The van der Waals surface area contributed by atoms with Gasteiger partial charge in [-0.05, 0) is 37.5 Å². The summed E-state index contributed by atoms with van der Waals surface area (Å²) in [7, 11) is 0. The molecule has 0 amide bonds. The zero-order valence-electron chi connectivity index (χ0n) is 10.5. The van der Waals surface area contributed by atoms with Crippen molar-refractivity contribution in [1.29, 1.82) is 0 Å². The topological polar surface area (TPSA) is 17.3 Å². The summed E-state index contributed by atoms with van der Waals surface area (Å²) in [6, 6.07) is 16.9. The highest BCUT2D eigenvalue weighted by Crippen LogP contribution is 2.11. The van der Waals surface area contributed by atoms with E-state index < -0.39 is 0 Å². The lowest BCUT2D eigenvalue weighted by atomic mass is 10.1. The van der Waals surface area contributed by atoms with Gasteiger partial charge in [0.05, 0.1) is 5.69 Å². The van der Waals surface area contributed by atoms with E-state index in [0.29, 0.717) is 0 Å². The van der Waals surface area contributed by atoms with Crippen molar-refractivity contribution in [2.75, 3.05) is 0 Å². The number of nitrogens with zero attached hydrogens (tertiary/aromatic N) is 2. The second kappa shape index (κ2) is 4.65. The molecule has 0 saturated carbocycles. The minimum Gasteiger partial charge on any atom is -0.304 e. The summed E-state index contributed by atoms with van der Waals surface area (Å²) in [5.74, 6) is 0. The molecular formula is C16H16N2. The van der Waals surface area contributed by atoms with Crippen LogP contribution in [0, 0.1) is 6.92 Å². The zero-order valence-corrected chi connectivity index (χ0v) is 10.5. The standard InChI is InChI=1S/C16H16N2/c1-13-12-18-15(8-5-9-16(18)17-13)11-10-14-6-3-2-4-7-14/h2-9,12H,10-11H2,1H3. The first-order valence-corrected chi connectivity index (χ1v) is 6.30. The fourth-order valence-electron chi connectivity index (χ4n) is 2.31. The molecule has 0 fully saturated rings. The molecular weight excluding hydrogens is 220 g/mol. The van der Waals surface area contributed by atoms with Crippen LogP contribution in [-0.2, 0) is 12.8 Å². The third kappa shape index (κ3) is 2.14. The molecule has 18 heavy (non-hydrogen) atoms. The molecule has 3 rings (SSSR count). The van der Waals surface area contributed by atoms with Crippen LogP contribution in [-0.4, -0.2) is 9.38 Å². The monoisotopic (exact) mass is 236 g/mol. The molecule has 0 aliphatic rings. The fraction of sp³-hybridized carbons (Fsp3) is 0.188. The van der Waals surface area contributed by atoms with Crippen LogP contribution in [0.15, 0.2) is 54.7 Å². The van der Waals surface area contributed by atoms with Crippen LogP contribution in [0.5, 0.6) is 0 Å². The maximum absolute atomic E-state index is 4.49. The Hall–Kier alpha value is -2.09. The molecule has 2 nitrogen and oxygen atoms in total. The molecule has 0 saturated heterocycles. The summed E-state index contributed by atoms with van der Waals surface area (Å²) in [6.45, 7) is 2.04. The molecule has 1 aromatic carbocycles. The largest absolute Gasteiger partial charge is 0.304 e. The van der Waals surface area contributed by atoms with E-state index in [9.17, 15) is 0 Å². The molecule has 0 aliphatic carbocycles. The van der Waals surface area contributed by atoms with Crippen molar-refractivity contribution in [3.8, 4) is 0 Å². The Morgan fingerprint density at radius 3 is 2.61 bits per heavy atom. The van der Waals surface area contributed by atoms with Crippen LogP contribution in [0.1, 0.15) is 17.0 Å². The van der Waals surface area contributed by atoms with Gasteiger partial charge in [0, 0.05) is 11.9 Å². The van der Waals surface area contributed by atoms with Crippen LogP contribution < -0.4 is 0 Å². The number of pyridine rings is 1. The number of hydrogen-bond donors (Lipinski definition) is 0. The van der Waals surface area contributed by atoms with E-state index in [0.717, 1.165) is 24.2 Å². The normalized spacial score (nSPS) is 10.9. The van der Waals surface area contributed by atoms with Gasteiger partial charge >= 0.3 is 0 Å². The lowest BCUT2D eigenvalue weighted by Gasteiger charge is -2.05. The van der Waals surface area contributed by atoms with Crippen molar-refractivity contribution in [2.24, 2.45) is 0 Å². The average Bonchev–Trinajstić information content (AvgIpc) is 2.78. The molecule has 3 aromatic rings. The molecule has 90 valence electrons. The highest BCUT2D eigenvalue weighted by molar-refractivity contribution is 5.41. The Labute approximate surface area is 107 Å². The summed E-state index contributed by atoms with van der Waals surface area (Å²) in [6.07, 6.45) is 4.21. The van der Waals surface area contributed by atoms with Gasteiger partial charge in [0.2, 0.25) is 0 Å². The van der Waals surface area contributed by atoms with Crippen molar-refractivity contribution in [1.82, 2.24) is 9.38 Å². The van der Waals surface area contributed by atoms with Gasteiger partial charge < -0.3 is 4.40 Å². The molecule has 0 unspecified atom stereocenters. The molecule has 2 heterocycles. The Morgan fingerprint density at radius 2 is 1.78 bits per heavy atom. The van der Waals surface area contributed by atoms with Crippen molar-refractivity contribution in [3.63, 3.8) is 0 Å². The zero-order chi connectivity index (χ0) is 12.4. The van der Waals surface area contributed by atoms with Crippen LogP contribution >= 0.6 is 0 Å². The molecule has 0 N–H and O–H groups in total. The maximum atomic E-state index is 4.49. The summed E-state index contributed by atoms with van der Waals surface area (Å²) < 4.78 is 2.19. The number of aryl methyl sites for hydroxylation is 3. The van der Waals surface area contributed by atoms with E-state index >= 15 is 0 Å². The van der Waals surface area contributed by atoms with Gasteiger partial charge in [0.25, 0.3) is 0 Å². The number of hydrogen-bond acceptors (Lipinski definition) is 1. The summed E-state index contributed by atoms with van der Waals surface area (Å²) in [5.41, 5.74) is 4.81. The third-order valence-electron chi connectivity index (χ3n) is 3.21. The lowest BCUT2D eigenvalue weighted by molar-refractivity contribution is 0.886. The van der Waals surface area contributed by atoms with Gasteiger partial charge in [-0.1, -0.05) is 36.4 Å². The highest BCUT2D eigenvalue weighted by Gasteiger charge is 2.03. The molecule has 0 aliphatic heterocycles. The maximum Gasteiger partial charge on any atom is 0.137 e. The van der Waals surface area contributed by atoms with E-state index in [4.69, 9.17) is 0 Å². The Balaban J connectivity index is 1.86. The number of fused-ring (bicyclic) bond motifs is 1. The van der Waals surface area contributed by atoms with E-state index in [2.05, 4.69) is 64.1 Å². The van der Waals surface area contributed by atoms with E-state index in [1.165, 1.54) is 11.3 Å². The van der Waals surface area contributed by atoms with Gasteiger partial charge in [-0.15, -0.1) is 0 Å². The SMILES string of the molecule is Cc1cn2c(CCc3ccccc3)cccc2n1. The van der Waals surface area contributed by atoms with Gasteiger partial charge in [-0.2, -0.15) is 0 Å². The highest BCUT2D eigenvalue weighted by atomic mass is 15.0. The smallest absolute Gasteiger partial charge is 0.137 e. The Kier molecular flexibility index (Phi) is 2.85. The number of benzene rings is 1. The summed E-state index contributed by atoms with van der Waals surface area (Å²) in [4.78, 5) is 4.49. The summed E-state index contributed by atoms with van der Waals surface area (Å²) in [5, 5.41) is 0. The van der Waals surface area contributed by atoms with Gasteiger partial charge in [0.1, 0.15) is 5.65 Å². The van der Waals surface area contributed by atoms with Crippen LogP contribution in [0.25, 0.3) is 5.65 Å². The van der Waals surface area contributed by atoms with Crippen LogP contribution in [0.4, 0.5) is 0 Å².